The summed E-state index contributed by atoms with van der Waals surface area (Å²) in [5, 5.41) is 0. The molecule has 0 spiro atoms. The summed E-state index contributed by atoms with van der Waals surface area (Å²) in [5.74, 6) is 0.769. The number of benzene rings is 1. The molecule has 0 amide bonds. The Kier molecular flexibility index (Phi) is 5.20. The minimum atomic E-state index is 0. The van der Waals surface area contributed by atoms with Crippen molar-refractivity contribution < 1.29 is 9.53 Å². The van der Waals surface area contributed by atoms with Gasteiger partial charge in [-0.15, -0.1) is 0 Å². The molecule has 1 aromatic carbocycles. The molecular formula is C8H9NaO2. The fraction of sp³-hybridized carbons (Fsp3) is 0.125. The summed E-state index contributed by atoms with van der Waals surface area (Å²) in [6.07, 6.45) is 0.805. The molecule has 0 unspecified atom stereocenters. The molecule has 0 aliphatic heterocycles. The molecule has 1 aromatic rings. The normalized spacial score (nSPS) is 8.09. The number of carbonyl (C=O) groups excluding carboxylic acids is 1. The van der Waals surface area contributed by atoms with E-state index < -0.39 is 0 Å². The predicted molar refractivity (Wildman–Crippen MR) is 45.5 cm³/mol. The Morgan fingerprint density at radius 1 is 1.27 bits per heavy atom. The second-order valence-electron chi connectivity index (χ2n) is 1.89. The Balaban J connectivity index is 0.000001000. The molecular weight excluding hydrogens is 151 g/mol. The average Bonchev–Trinajstić information content (AvgIpc) is 2.05. The third-order valence-corrected chi connectivity index (χ3v) is 1.25. The van der Waals surface area contributed by atoms with Gasteiger partial charge < -0.3 is 4.74 Å². The first kappa shape index (κ1) is 10.7. The monoisotopic (exact) mass is 160 g/mol. The summed E-state index contributed by atoms with van der Waals surface area (Å²) in [7, 11) is 1.59. The maximum absolute atomic E-state index is 10.2. The Morgan fingerprint density at radius 3 is 2.18 bits per heavy atom. The first-order valence-electron chi connectivity index (χ1n) is 2.96. The van der Waals surface area contributed by atoms with Gasteiger partial charge in [-0.25, -0.2) is 0 Å². The van der Waals surface area contributed by atoms with E-state index in [4.69, 9.17) is 4.74 Å². The van der Waals surface area contributed by atoms with Crippen LogP contribution in [0.1, 0.15) is 10.4 Å². The van der Waals surface area contributed by atoms with Crippen molar-refractivity contribution in [3.63, 3.8) is 0 Å². The maximum atomic E-state index is 10.2. The molecule has 54 valence electrons. The molecule has 2 nitrogen and oxygen atoms in total. The van der Waals surface area contributed by atoms with E-state index in [-0.39, 0.29) is 29.6 Å². The number of carbonyl (C=O) groups is 1. The average molecular weight is 160 g/mol. The zero-order chi connectivity index (χ0) is 7.40. The molecule has 0 saturated heterocycles. The van der Waals surface area contributed by atoms with Gasteiger partial charge in [0, 0.05) is 5.56 Å². The summed E-state index contributed by atoms with van der Waals surface area (Å²) in [6, 6.07) is 6.94. The molecule has 0 aliphatic rings. The molecule has 3 heteroatoms. The Hall–Kier alpha value is -0.310. The van der Waals surface area contributed by atoms with Gasteiger partial charge in [-0.1, -0.05) is 0 Å². The van der Waals surface area contributed by atoms with Crippen LogP contribution in [0.5, 0.6) is 5.75 Å². The summed E-state index contributed by atoms with van der Waals surface area (Å²) in [5.41, 5.74) is 0.667. The first-order valence-corrected chi connectivity index (χ1v) is 2.96. The van der Waals surface area contributed by atoms with Gasteiger partial charge in [-0.3, -0.25) is 4.79 Å². The van der Waals surface area contributed by atoms with Gasteiger partial charge in [-0.2, -0.15) is 0 Å². The van der Waals surface area contributed by atoms with Crippen LogP contribution in [0.2, 0.25) is 0 Å². The van der Waals surface area contributed by atoms with Crippen molar-refractivity contribution in [1.29, 1.82) is 0 Å². The molecule has 0 aliphatic carbocycles. The van der Waals surface area contributed by atoms with Crippen molar-refractivity contribution in [2.24, 2.45) is 0 Å². The zero-order valence-electron chi connectivity index (χ0n) is 5.70. The Morgan fingerprint density at radius 2 is 1.82 bits per heavy atom. The third kappa shape index (κ3) is 3.06. The molecule has 0 heterocycles. The second-order valence-corrected chi connectivity index (χ2v) is 1.89. The number of rotatable bonds is 2. The Labute approximate surface area is 87.8 Å². The molecule has 0 bridgehead atoms. The SMILES string of the molecule is COc1ccc(C=O)cc1.[NaH]. The van der Waals surface area contributed by atoms with Crippen LogP contribution in [0.15, 0.2) is 24.3 Å². The van der Waals surface area contributed by atoms with E-state index in [0.29, 0.717) is 5.56 Å². The van der Waals surface area contributed by atoms with Gasteiger partial charge in [0.2, 0.25) is 0 Å². The zero-order valence-corrected chi connectivity index (χ0v) is 5.70. The van der Waals surface area contributed by atoms with Gasteiger partial charge in [-0.05, 0) is 24.3 Å². The first-order chi connectivity index (χ1) is 4.86. The summed E-state index contributed by atoms with van der Waals surface area (Å²) in [6.45, 7) is 0. The standard InChI is InChI=1S/C8H8O2.Na.H/c1-10-8-4-2-7(6-9)3-5-8;;/h2-6H,1H3;;. The van der Waals surface area contributed by atoms with Crippen LogP contribution in [0.25, 0.3) is 0 Å². The molecule has 0 aromatic heterocycles. The van der Waals surface area contributed by atoms with E-state index >= 15 is 0 Å². The van der Waals surface area contributed by atoms with Crippen LogP contribution in [0.3, 0.4) is 0 Å². The van der Waals surface area contributed by atoms with Gasteiger partial charge in [0.05, 0.1) is 7.11 Å². The molecule has 0 fully saturated rings. The van der Waals surface area contributed by atoms with Crippen molar-refractivity contribution in [2.45, 2.75) is 0 Å². The number of aldehydes is 1. The number of ether oxygens (including phenoxy) is 1. The van der Waals surface area contributed by atoms with E-state index in [2.05, 4.69) is 0 Å². The summed E-state index contributed by atoms with van der Waals surface area (Å²) >= 11 is 0. The molecule has 0 atom stereocenters. The van der Waals surface area contributed by atoms with Crippen LogP contribution < -0.4 is 4.74 Å². The van der Waals surface area contributed by atoms with Crippen molar-refractivity contribution in [1.82, 2.24) is 0 Å². The van der Waals surface area contributed by atoms with Crippen LogP contribution in [0.4, 0.5) is 0 Å². The third-order valence-electron chi connectivity index (χ3n) is 1.25. The number of hydrogen-bond donors (Lipinski definition) is 0. The van der Waals surface area contributed by atoms with E-state index in [1.165, 1.54) is 0 Å². The Bertz CT molecular complexity index is 218. The van der Waals surface area contributed by atoms with E-state index in [0.717, 1.165) is 12.0 Å². The van der Waals surface area contributed by atoms with Gasteiger partial charge in [0.25, 0.3) is 0 Å². The molecule has 0 saturated carbocycles. The quantitative estimate of drug-likeness (QED) is 0.473. The van der Waals surface area contributed by atoms with Gasteiger partial charge in [0.1, 0.15) is 12.0 Å². The second kappa shape index (κ2) is 5.35. The van der Waals surface area contributed by atoms with Gasteiger partial charge >= 0.3 is 29.6 Å². The topological polar surface area (TPSA) is 26.3 Å². The molecule has 11 heavy (non-hydrogen) atoms. The van der Waals surface area contributed by atoms with Crippen molar-refractivity contribution >= 4 is 35.8 Å². The molecule has 0 radical (unpaired) electrons. The fourth-order valence-corrected chi connectivity index (χ4v) is 0.682. The van der Waals surface area contributed by atoms with Crippen LogP contribution in [-0.4, -0.2) is 43.0 Å². The van der Waals surface area contributed by atoms with Crippen LogP contribution in [0, 0.1) is 0 Å². The number of methoxy groups -OCH3 is 1. The molecule has 1 rings (SSSR count). The molecule has 0 N–H and O–H groups in total. The van der Waals surface area contributed by atoms with E-state index in [9.17, 15) is 4.79 Å². The van der Waals surface area contributed by atoms with Crippen molar-refractivity contribution in [3.8, 4) is 5.75 Å². The number of hydrogen-bond acceptors (Lipinski definition) is 2. The predicted octanol–water partition coefficient (Wildman–Crippen LogP) is 0.859. The van der Waals surface area contributed by atoms with Crippen molar-refractivity contribution in [2.75, 3.05) is 7.11 Å². The van der Waals surface area contributed by atoms with E-state index in [1.807, 2.05) is 0 Å². The van der Waals surface area contributed by atoms with Crippen molar-refractivity contribution in [3.05, 3.63) is 29.8 Å². The summed E-state index contributed by atoms with van der Waals surface area (Å²) in [4.78, 5) is 10.2. The fourth-order valence-electron chi connectivity index (χ4n) is 0.682. The van der Waals surface area contributed by atoms with Crippen LogP contribution >= 0.6 is 0 Å². The summed E-state index contributed by atoms with van der Waals surface area (Å²) < 4.78 is 4.90. The van der Waals surface area contributed by atoms with Gasteiger partial charge in [0.15, 0.2) is 0 Å². The minimum absolute atomic E-state index is 0. The van der Waals surface area contributed by atoms with E-state index in [1.54, 1.807) is 31.4 Å². The van der Waals surface area contributed by atoms with Crippen LogP contribution in [-0.2, 0) is 0 Å².